The highest BCUT2D eigenvalue weighted by atomic mass is 79.9. The molecule has 0 radical (unpaired) electrons. The SMILES string of the molecule is CC(C)(C)c1ccc(/C=C2/N=C(c3ccccc3Br)OC2=O)cc1. The molecule has 2 aromatic rings. The molecule has 122 valence electrons. The van der Waals surface area contributed by atoms with E-state index in [9.17, 15) is 4.79 Å². The van der Waals surface area contributed by atoms with E-state index >= 15 is 0 Å². The third-order valence-electron chi connectivity index (χ3n) is 3.80. The molecule has 1 aliphatic rings. The van der Waals surface area contributed by atoms with E-state index in [0.717, 1.165) is 15.6 Å². The fourth-order valence-electron chi connectivity index (χ4n) is 2.40. The van der Waals surface area contributed by atoms with E-state index in [1.807, 2.05) is 36.4 Å². The molecule has 0 N–H and O–H groups in total. The van der Waals surface area contributed by atoms with Crippen LogP contribution in [-0.2, 0) is 14.9 Å². The molecule has 0 atom stereocenters. The molecule has 0 saturated heterocycles. The Kier molecular flexibility index (Phi) is 4.41. The van der Waals surface area contributed by atoms with E-state index in [0.29, 0.717) is 11.6 Å². The van der Waals surface area contributed by atoms with Crippen LogP contribution in [0.5, 0.6) is 0 Å². The minimum atomic E-state index is -0.430. The van der Waals surface area contributed by atoms with Crippen LogP contribution >= 0.6 is 15.9 Å². The van der Waals surface area contributed by atoms with E-state index in [4.69, 9.17) is 4.74 Å². The molecular formula is C20H18BrNO2. The van der Waals surface area contributed by atoms with Crippen LogP contribution in [0.4, 0.5) is 0 Å². The van der Waals surface area contributed by atoms with Gasteiger partial charge in [-0.3, -0.25) is 0 Å². The molecule has 0 unspecified atom stereocenters. The normalized spacial score (nSPS) is 16.2. The van der Waals surface area contributed by atoms with Crippen molar-refractivity contribution in [1.29, 1.82) is 0 Å². The third-order valence-corrected chi connectivity index (χ3v) is 4.50. The van der Waals surface area contributed by atoms with Crippen molar-refractivity contribution < 1.29 is 9.53 Å². The average Bonchev–Trinajstić information content (AvgIpc) is 2.88. The number of ether oxygens (including phenoxy) is 1. The van der Waals surface area contributed by atoms with E-state index in [1.165, 1.54) is 5.56 Å². The summed E-state index contributed by atoms with van der Waals surface area (Å²) in [4.78, 5) is 16.4. The summed E-state index contributed by atoms with van der Waals surface area (Å²) in [7, 11) is 0. The van der Waals surface area contributed by atoms with Crippen molar-refractivity contribution >= 4 is 33.9 Å². The number of carbonyl (C=O) groups excluding carboxylic acids is 1. The topological polar surface area (TPSA) is 38.7 Å². The maximum absolute atomic E-state index is 12.1. The van der Waals surface area contributed by atoms with Gasteiger partial charge >= 0.3 is 5.97 Å². The molecule has 24 heavy (non-hydrogen) atoms. The molecular weight excluding hydrogens is 366 g/mol. The van der Waals surface area contributed by atoms with Crippen molar-refractivity contribution in [2.45, 2.75) is 26.2 Å². The quantitative estimate of drug-likeness (QED) is 0.534. The first-order valence-electron chi connectivity index (χ1n) is 7.72. The predicted octanol–water partition coefficient (Wildman–Crippen LogP) is 5.09. The van der Waals surface area contributed by atoms with Gasteiger partial charge in [-0.05, 0) is 50.7 Å². The maximum Gasteiger partial charge on any atom is 0.363 e. The first-order valence-corrected chi connectivity index (χ1v) is 8.52. The van der Waals surface area contributed by atoms with Gasteiger partial charge in [-0.2, -0.15) is 0 Å². The smallest absolute Gasteiger partial charge is 0.363 e. The summed E-state index contributed by atoms with van der Waals surface area (Å²) >= 11 is 3.45. The minimum absolute atomic E-state index is 0.100. The summed E-state index contributed by atoms with van der Waals surface area (Å²) in [5.74, 6) is -0.106. The van der Waals surface area contributed by atoms with Gasteiger partial charge in [0.1, 0.15) is 0 Å². The number of halogens is 1. The van der Waals surface area contributed by atoms with Crippen LogP contribution in [-0.4, -0.2) is 11.9 Å². The number of aliphatic imine (C=N–C) groups is 1. The zero-order valence-electron chi connectivity index (χ0n) is 13.8. The van der Waals surface area contributed by atoms with E-state index < -0.39 is 5.97 Å². The van der Waals surface area contributed by atoms with Crippen LogP contribution in [0.2, 0.25) is 0 Å². The minimum Gasteiger partial charge on any atom is -0.402 e. The lowest BCUT2D eigenvalue weighted by Gasteiger charge is -2.18. The molecule has 0 spiro atoms. The Bertz CT molecular complexity index is 843. The Labute approximate surface area is 150 Å². The Balaban J connectivity index is 1.90. The van der Waals surface area contributed by atoms with Crippen molar-refractivity contribution in [2.24, 2.45) is 4.99 Å². The molecule has 0 saturated carbocycles. The number of nitrogens with zero attached hydrogens (tertiary/aromatic N) is 1. The van der Waals surface area contributed by atoms with Crippen LogP contribution in [0.25, 0.3) is 6.08 Å². The Morgan fingerprint density at radius 3 is 2.33 bits per heavy atom. The van der Waals surface area contributed by atoms with Gasteiger partial charge < -0.3 is 4.74 Å². The summed E-state index contributed by atoms with van der Waals surface area (Å²) in [6.45, 7) is 6.51. The van der Waals surface area contributed by atoms with E-state index in [-0.39, 0.29) is 5.41 Å². The monoisotopic (exact) mass is 383 g/mol. The molecule has 4 heteroatoms. The number of rotatable bonds is 2. The highest BCUT2D eigenvalue weighted by Gasteiger charge is 2.25. The molecule has 0 bridgehead atoms. The first-order chi connectivity index (χ1) is 11.3. The number of benzene rings is 2. The fraction of sp³-hybridized carbons (Fsp3) is 0.200. The van der Waals surface area contributed by atoms with Crippen molar-refractivity contribution in [3.05, 3.63) is 75.4 Å². The van der Waals surface area contributed by atoms with Gasteiger partial charge in [0.15, 0.2) is 5.70 Å². The Morgan fingerprint density at radius 2 is 1.71 bits per heavy atom. The number of esters is 1. The molecule has 0 fully saturated rings. The van der Waals surface area contributed by atoms with Crippen LogP contribution in [0.3, 0.4) is 0 Å². The first kappa shape index (κ1) is 16.7. The van der Waals surface area contributed by atoms with Gasteiger partial charge in [0.2, 0.25) is 5.90 Å². The highest BCUT2D eigenvalue weighted by Crippen LogP contribution is 2.25. The second-order valence-electron chi connectivity index (χ2n) is 6.69. The number of cyclic esters (lactones) is 1. The van der Waals surface area contributed by atoms with Gasteiger partial charge in [0.25, 0.3) is 0 Å². The van der Waals surface area contributed by atoms with Gasteiger partial charge in [-0.1, -0.05) is 57.2 Å². The number of hydrogen-bond donors (Lipinski definition) is 0. The van der Waals surface area contributed by atoms with Crippen LogP contribution in [0.15, 0.2) is 63.7 Å². The lowest BCUT2D eigenvalue weighted by molar-refractivity contribution is -0.129. The molecule has 0 amide bonds. The molecule has 3 rings (SSSR count). The van der Waals surface area contributed by atoms with Crippen LogP contribution < -0.4 is 0 Å². The molecule has 2 aromatic carbocycles. The molecule has 3 nitrogen and oxygen atoms in total. The number of hydrogen-bond acceptors (Lipinski definition) is 3. The zero-order chi connectivity index (χ0) is 17.3. The molecule has 1 heterocycles. The largest absolute Gasteiger partial charge is 0.402 e. The van der Waals surface area contributed by atoms with Crippen molar-refractivity contribution in [3.8, 4) is 0 Å². The van der Waals surface area contributed by atoms with Gasteiger partial charge in [-0.25, -0.2) is 9.79 Å². The highest BCUT2D eigenvalue weighted by molar-refractivity contribution is 9.10. The fourth-order valence-corrected chi connectivity index (χ4v) is 2.85. The van der Waals surface area contributed by atoms with Crippen LogP contribution in [0, 0.1) is 0 Å². The second-order valence-corrected chi connectivity index (χ2v) is 7.54. The lowest BCUT2D eigenvalue weighted by Crippen LogP contribution is -2.10. The third kappa shape index (κ3) is 3.49. The molecule has 0 aromatic heterocycles. The zero-order valence-corrected chi connectivity index (χ0v) is 15.4. The standard InChI is InChI=1S/C20H18BrNO2/c1-20(2,3)14-10-8-13(9-11-14)12-17-19(23)24-18(22-17)15-6-4-5-7-16(15)21/h4-12H,1-3H3/b17-12+. The maximum atomic E-state index is 12.1. The van der Waals surface area contributed by atoms with Crippen LogP contribution in [0.1, 0.15) is 37.5 Å². The van der Waals surface area contributed by atoms with Crippen molar-refractivity contribution in [3.63, 3.8) is 0 Å². The second kappa shape index (κ2) is 6.36. The number of carbonyl (C=O) groups is 1. The molecule has 1 aliphatic heterocycles. The Hall–Kier alpha value is -2.20. The van der Waals surface area contributed by atoms with Crippen molar-refractivity contribution in [1.82, 2.24) is 0 Å². The van der Waals surface area contributed by atoms with E-state index in [1.54, 1.807) is 6.08 Å². The molecule has 0 aliphatic carbocycles. The van der Waals surface area contributed by atoms with Crippen molar-refractivity contribution in [2.75, 3.05) is 0 Å². The lowest BCUT2D eigenvalue weighted by atomic mass is 9.87. The average molecular weight is 384 g/mol. The summed E-state index contributed by atoms with van der Waals surface area (Å²) < 4.78 is 6.14. The predicted molar refractivity (Wildman–Crippen MR) is 99.9 cm³/mol. The Morgan fingerprint density at radius 1 is 1.04 bits per heavy atom. The van der Waals surface area contributed by atoms with E-state index in [2.05, 4.69) is 53.8 Å². The summed E-state index contributed by atoms with van der Waals surface area (Å²) in [5.41, 5.74) is 3.34. The summed E-state index contributed by atoms with van der Waals surface area (Å²) in [6.07, 6.45) is 1.75. The summed E-state index contributed by atoms with van der Waals surface area (Å²) in [6, 6.07) is 15.7. The van der Waals surface area contributed by atoms with Gasteiger partial charge in [0.05, 0.1) is 5.56 Å². The summed E-state index contributed by atoms with van der Waals surface area (Å²) in [5, 5.41) is 0. The van der Waals surface area contributed by atoms with Gasteiger partial charge in [-0.15, -0.1) is 0 Å². The van der Waals surface area contributed by atoms with Gasteiger partial charge in [0, 0.05) is 4.47 Å².